The fourth-order valence-electron chi connectivity index (χ4n) is 5.31. The molecule has 0 bridgehead atoms. The molecule has 58 heavy (non-hydrogen) atoms. The first-order valence-electron chi connectivity index (χ1n) is 18.0. The Hall–Kier alpha value is -6.17. The monoisotopic (exact) mass is 823 g/mol. The van der Waals surface area contributed by atoms with Crippen molar-refractivity contribution in [3.63, 3.8) is 0 Å². The molecule has 0 aliphatic heterocycles. The van der Waals surface area contributed by atoms with Crippen LogP contribution in [0.4, 0.5) is 35.7 Å². The third-order valence-corrected chi connectivity index (χ3v) is 9.45. The van der Waals surface area contributed by atoms with Crippen LogP contribution in [0.5, 0.6) is 5.75 Å². The Kier molecular flexibility index (Phi) is 14.8. The van der Waals surface area contributed by atoms with E-state index in [1.165, 1.54) is 44.7 Å². The van der Waals surface area contributed by atoms with Crippen molar-refractivity contribution in [1.82, 2.24) is 20.6 Å². The third kappa shape index (κ3) is 13.5. The molecule has 0 aliphatic rings. The maximum Gasteiger partial charge on any atom is 0.442 e. The standard InChI is InChI=1S/C40H47F2N7O8S/c1-23(2)35(48-38(52)57-40(4,5)6)37(51)45-24(3)36(50)46-28-12-9-25(10-13-28)21-56-39(53)49-58(8,54)22-26-15-16-43-33(17-26)47-34-19-30(31(42)20-44-34)29-14-11-27(41)18-32(29)55-7/h9-20,23-24,35H,21-22H2,1-8H3,(H,45,51)(H,46,50)(H,48,52)(H,43,44,47)/t24-,35-,58-/m0/s1. The number of carbonyl (C=O) groups excluding carboxylic acids is 4. The molecule has 310 valence electrons. The number of hydrogen-bond acceptors (Lipinski definition) is 11. The van der Waals surface area contributed by atoms with E-state index in [9.17, 15) is 32.2 Å². The van der Waals surface area contributed by atoms with Gasteiger partial charge in [0.2, 0.25) is 11.8 Å². The Morgan fingerprint density at radius 2 is 1.55 bits per heavy atom. The minimum Gasteiger partial charge on any atom is -0.496 e. The van der Waals surface area contributed by atoms with Crippen molar-refractivity contribution in [2.24, 2.45) is 10.3 Å². The van der Waals surface area contributed by atoms with Crippen molar-refractivity contribution in [1.29, 1.82) is 0 Å². The number of halogens is 2. The average molecular weight is 824 g/mol. The van der Waals surface area contributed by atoms with Crippen LogP contribution in [0.2, 0.25) is 0 Å². The normalized spacial score (nSPS) is 13.3. The van der Waals surface area contributed by atoms with Gasteiger partial charge >= 0.3 is 12.2 Å². The first-order valence-corrected chi connectivity index (χ1v) is 20.1. The topological polar surface area (TPSA) is 199 Å². The van der Waals surface area contributed by atoms with Gasteiger partial charge in [0.25, 0.3) is 0 Å². The summed E-state index contributed by atoms with van der Waals surface area (Å²) in [6, 6.07) is 12.8. The number of hydrogen-bond donors (Lipinski definition) is 4. The molecule has 4 amide bonds. The fraction of sp³-hybridized carbons (Fsp3) is 0.350. The molecule has 0 fully saturated rings. The average Bonchev–Trinajstić information content (AvgIpc) is 3.13. The fourth-order valence-corrected chi connectivity index (χ4v) is 6.54. The molecular formula is C40H47F2N7O8S. The predicted octanol–water partition coefficient (Wildman–Crippen LogP) is 7.10. The van der Waals surface area contributed by atoms with Crippen LogP contribution >= 0.6 is 0 Å². The molecule has 3 atom stereocenters. The number of pyridine rings is 2. The van der Waals surface area contributed by atoms with Gasteiger partial charge in [-0.05, 0) is 87.2 Å². The molecule has 2 aromatic carbocycles. The summed E-state index contributed by atoms with van der Waals surface area (Å²) in [6.45, 7) is 9.92. The van der Waals surface area contributed by atoms with Gasteiger partial charge in [-0.15, -0.1) is 4.36 Å². The van der Waals surface area contributed by atoms with Crippen LogP contribution in [0, 0.1) is 17.6 Å². The number of nitrogens with one attached hydrogen (secondary N) is 4. The Morgan fingerprint density at radius 3 is 2.21 bits per heavy atom. The number of methoxy groups -OCH3 is 1. The van der Waals surface area contributed by atoms with Crippen LogP contribution in [0.1, 0.15) is 52.7 Å². The van der Waals surface area contributed by atoms with Crippen molar-refractivity contribution in [3.8, 4) is 16.9 Å². The summed E-state index contributed by atoms with van der Waals surface area (Å²) in [6.07, 6.45) is 1.98. The van der Waals surface area contributed by atoms with Crippen molar-refractivity contribution in [2.75, 3.05) is 24.0 Å². The van der Waals surface area contributed by atoms with E-state index in [1.807, 2.05) is 0 Å². The quantitative estimate of drug-likeness (QED) is 0.101. The summed E-state index contributed by atoms with van der Waals surface area (Å²) < 4.78 is 61.3. The SMILES string of the molecule is COc1cc(F)ccc1-c1cc(Nc2cc(C[S@](C)(=O)=NC(=O)OCc3ccc(NC(=O)[C@H](C)NC(=O)[C@@H](NC(=O)OC(C)(C)C)C(C)C)cc3)ccn2)ncc1F. The van der Waals surface area contributed by atoms with Crippen LogP contribution in [-0.4, -0.2) is 69.2 Å². The number of ether oxygens (including phenoxy) is 3. The highest BCUT2D eigenvalue weighted by Gasteiger charge is 2.29. The summed E-state index contributed by atoms with van der Waals surface area (Å²) >= 11 is 0. The van der Waals surface area contributed by atoms with Crippen LogP contribution < -0.4 is 26.0 Å². The van der Waals surface area contributed by atoms with Gasteiger partial charge in [0.15, 0.2) is 0 Å². The molecule has 4 N–H and O–H groups in total. The molecule has 18 heteroatoms. The molecule has 2 aromatic heterocycles. The smallest absolute Gasteiger partial charge is 0.442 e. The van der Waals surface area contributed by atoms with E-state index in [0.29, 0.717) is 22.4 Å². The number of aromatic nitrogens is 2. The van der Waals surface area contributed by atoms with Gasteiger partial charge in [-0.25, -0.2) is 32.5 Å². The van der Waals surface area contributed by atoms with E-state index < -0.39 is 63.0 Å². The minimum absolute atomic E-state index is 0.113. The number of nitrogens with zero attached hydrogens (tertiary/aromatic N) is 3. The lowest BCUT2D eigenvalue weighted by Crippen LogP contribution is -2.54. The Bertz CT molecular complexity index is 2260. The number of anilines is 3. The van der Waals surface area contributed by atoms with E-state index in [1.54, 1.807) is 71.0 Å². The zero-order valence-electron chi connectivity index (χ0n) is 33.3. The Balaban J connectivity index is 1.30. The lowest BCUT2D eigenvalue weighted by atomic mass is 10.0. The van der Waals surface area contributed by atoms with E-state index in [0.717, 1.165) is 12.3 Å². The lowest BCUT2D eigenvalue weighted by molar-refractivity contribution is -0.128. The van der Waals surface area contributed by atoms with Gasteiger partial charge in [-0.1, -0.05) is 26.0 Å². The first kappa shape index (κ1) is 44.5. The third-order valence-electron chi connectivity index (χ3n) is 8.05. The summed E-state index contributed by atoms with van der Waals surface area (Å²) in [5.74, 6) is -2.02. The number of alkyl carbamates (subject to hydrolysis) is 1. The zero-order chi connectivity index (χ0) is 42.8. The lowest BCUT2D eigenvalue weighted by Gasteiger charge is -2.26. The molecule has 0 radical (unpaired) electrons. The van der Waals surface area contributed by atoms with Gasteiger partial charge in [-0.2, -0.15) is 0 Å². The van der Waals surface area contributed by atoms with Crippen molar-refractivity contribution >= 4 is 51.1 Å². The maximum absolute atomic E-state index is 14.7. The van der Waals surface area contributed by atoms with Crippen LogP contribution in [-0.2, 0) is 41.2 Å². The second-order valence-electron chi connectivity index (χ2n) is 14.6. The van der Waals surface area contributed by atoms with Crippen LogP contribution in [0.25, 0.3) is 11.1 Å². The molecule has 0 spiro atoms. The highest BCUT2D eigenvalue weighted by atomic mass is 32.2. The second-order valence-corrected chi connectivity index (χ2v) is 17.0. The molecule has 2 heterocycles. The summed E-state index contributed by atoms with van der Waals surface area (Å²) in [5, 5.41) is 10.8. The summed E-state index contributed by atoms with van der Waals surface area (Å²) in [7, 11) is -1.77. The first-order chi connectivity index (χ1) is 27.2. The highest BCUT2D eigenvalue weighted by Crippen LogP contribution is 2.34. The second kappa shape index (κ2) is 19.3. The van der Waals surface area contributed by atoms with Crippen molar-refractivity contribution in [2.45, 2.75) is 71.6 Å². The van der Waals surface area contributed by atoms with Gasteiger partial charge in [0.05, 0.1) is 28.8 Å². The molecule has 4 rings (SSSR count). The van der Waals surface area contributed by atoms with E-state index >= 15 is 0 Å². The molecular weight excluding hydrogens is 777 g/mol. The molecule has 0 saturated heterocycles. The van der Waals surface area contributed by atoms with Crippen molar-refractivity contribution in [3.05, 3.63) is 95.8 Å². The molecule has 0 aliphatic carbocycles. The van der Waals surface area contributed by atoms with Gasteiger partial charge < -0.3 is 35.5 Å². The highest BCUT2D eigenvalue weighted by molar-refractivity contribution is 7.92. The van der Waals surface area contributed by atoms with Gasteiger partial charge in [0, 0.05) is 35.3 Å². The van der Waals surface area contributed by atoms with E-state index in [4.69, 9.17) is 14.2 Å². The molecule has 15 nitrogen and oxygen atoms in total. The van der Waals surface area contributed by atoms with Gasteiger partial charge in [0.1, 0.15) is 53.3 Å². The van der Waals surface area contributed by atoms with Gasteiger partial charge in [-0.3, -0.25) is 9.59 Å². The molecule has 0 saturated carbocycles. The predicted molar refractivity (Wildman–Crippen MR) is 215 cm³/mol. The Morgan fingerprint density at radius 1 is 0.862 bits per heavy atom. The van der Waals surface area contributed by atoms with Crippen LogP contribution in [0.3, 0.4) is 0 Å². The number of carbonyl (C=O) groups is 4. The number of amides is 4. The maximum atomic E-state index is 14.7. The zero-order valence-corrected chi connectivity index (χ0v) is 34.2. The van der Waals surface area contributed by atoms with E-state index in [2.05, 4.69) is 35.6 Å². The van der Waals surface area contributed by atoms with E-state index in [-0.39, 0.29) is 41.2 Å². The summed E-state index contributed by atoms with van der Waals surface area (Å²) in [4.78, 5) is 58.8. The minimum atomic E-state index is -3.12. The van der Waals surface area contributed by atoms with Crippen molar-refractivity contribution < 1.29 is 46.4 Å². The largest absolute Gasteiger partial charge is 0.496 e. The Labute approximate surface area is 335 Å². The number of benzene rings is 2. The number of rotatable bonds is 14. The summed E-state index contributed by atoms with van der Waals surface area (Å²) in [5.41, 5.74) is 1.16. The molecule has 4 aromatic rings. The molecule has 0 unspecified atom stereocenters. The van der Waals surface area contributed by atoms with Crippen LogP contribution in [0.15, 0.2) is 77.4 Å².